The third-order valence-corrected chi connectivity index (χ3v) is 3.50. The minimum absolute atomic E-state index is 0.315. The fourth-order valence-electron chi connectivity index (χ4n) is 2.59. The number of ketones is 1. The van der Waals surface area contributed by atoms with Gasteiger partial charge in [-0.15, -0.1) is 0 Å². The van der Waals surface area contributed by atoms with Crippen LogP contribution in [-0.4, -0.2) is 43.0 Å². The molecule has 1 aliphatic heterocycles. The van der Waals surface area contributed by atoms with Crippen LogP contribution in [0, 0.1) is 5.92 Å². The summed E-state index contributed by atoms with van der Waals surface area (Å²) in [6.07, 6.45) is 5.71. The zero-order chi connectivity index (χ0) is 13.4. The van der Waals surface area contributed by atoms with Gasteiger partial charge in [0, 0.05) is 25.6 Å². The van der Waals surface area contributed by atoms with E-state index in [0.29, 0.717) is 24.2 Å². The minimum atomic E-state index is 0.315. The molecule has 0 saturated carbocycles. The Morgan fingerprint density at radius 1 is 1.33 bits per heavy atom. The van der Waals surface area contributed by atoms with E-state index in [9.17, 15) is 4.79 Å². The van der Waals surface area contributed by atoms with E-state index in [1.165, 1.54) is 25.7 Å². The van der Waals surface area contributed by atoms with Gasteiger partial charge in [-0.1, -0.05) is 26.7 Å². The molecule has 0 N–H and O–H groups in total. The predicted octanol–water partition coefficient (Wildman–Crippen LogP) is 2.88. The van der Waals surface area contributed by atoms with E-state index in [-0.39, 0.29) is 0 Å². The molecule has 106 valence electrons. The summed E-state index contributed by atoms with van der Waals surface area (Å²) < 4.78 is 5.67. The maximum Gasteiger partial charge on any atom is 0.131 e. The fraction of sp³-hybridized carbons (Fsp3) is 0.933. The summed E-state index contributed by atoms with van der Waals surface area (Å²) >= 11 is 0. The molecule has 0 spiro atoms. The van der Waals surface area contributed by atoms with Gasteiger partial charge in [-0.05, 0) is 32.2 Å². The van der Waals surface area contributed by atoms with Crippen molar-refractivity contribution in [3.63, 3.8) is 0 Å². The van der Waals surface area contributed by atoms with Crippen LogP contribution in [0.15, 0.2) is 0 Å². The first-order valence-corrected chi connectivity index (χ1v) is 7.41. The molecule has 0 aromatic rings. The second-order valence-electron chi connectivity index (χ2n) is 5.91. The molecule has 1 fully saturated rings. The zero-order valence-corrected chi connectivity index (χ0v) is 12.3. The molecule has 3 heteroatoms. The maximum atomic E-state index is 11.3. The van der Waals surface area contributed by atoms with Crippen molar-refractivity contribution in [3.8, 4) is 0 Å². The Bertz CT molecular complexity index is 241. The first kappa shape index (κ1) is 15.6. The standard InChI is InChI=1S/C15H29NO2/c1-13(2)12-18-10-9-16-8-6-4-5-7-15(16)11-14(3)17/h13,15H,4-12H2,1-3H3. The van der Waals surface area contributed by atoms with Gasteiger partial charge in [0.15, 0.2) is 0 Å². The van der Waals surface area contributed by atoms with Gasteiger partial charge in [-0.2, -0.15) is 0 Å². The van der Waals surface area contributed by atoms with Gasteiger partial charge >= 0.3 is 0 Å². The molecule has 1 heterocycles. The van der Waals surface area contributed by atoms with E-state index < -0.39 is 0 Å². The smallest absolute Gasteiger partial charge is 0.131 e. The molecular formula is C15H29NO2. The third kappa shape index (κ3) is 6.50. The summed E-state index contributed by atoms with van der Waals surface area (Å²) in [6.45, 7) is 9.79. The van der Waals surface area contributed by atoms with Crippen molar-refractivity contribution in [2.24, 2.45) is 5.92 Å². The van der Waals surface area contributed by atoms with Gasteiger partial charge in [0.25, 0.3) is 0 Å². The van der Waals surface area contributed by atoms with Gasteiger partial charge < -0.3 is 4.74 Å². The summed E-state index contributed by atoms with van der Waals surface area (Å²) in [6, 6.07) is 0.452. The average Bonchev–Trinajstić information content (AvgIpc) is 2.49. The Hall–Kier alpha value is -0.410. The SMILES string of the molecule is CC(=O)CC1CCCCCN1CCOCC(C)C. The lowest BCUT2D eigenvalue weighted by Gasteiger charge is -2.29. The lowest BCUT2D eigenvalue weighted by molar-refractivity contribution is -0.118. The summed E-state index contributed by atoms with van der Waals surface area (Å²) in [7, 11) is 0. The highest BCUT2D eigenvalue weighted by molar-refractivity contribution is 5.76. The van der Waals surface area contributed by atoms with Crippen LogP contribution in [0.5, 0.6) is 0 Å². The van der Waals surface area contributed by atoms with Crippen LogP contribution in [-0.2, 0) is 9.53 Å². The second kappa shape index (κ2) is 8.65. The largest absolute Gasteiger partial charge is 0.380 e. The molecule has 0 amide bonds. The van der Waals surface area contributed by atoms with Crippen LogP contribution in [0.3, 0.4) is 0 Å². The van der Waals surface area contributed by atoms with Gasteiger partial charge in [0.1, 0.15) is 5.78 Å². The molecule has 1 atom stereocenters. The quantitative estimate of drug-likeness (QED) is 0.655. The predicted molar refractivity (Wildman–Crippen MR) is 74.8 cm³/mol. The monoisotopic (exact) mass is 255 g/mol. The number of hydrogen-bond donors (Lipinski definition) is 0. The number of carbonyl (C=O) groups is 1. The number of rotatable bonds is 7. The summed E-state index contributed by atoms with van der Waals surface area (Å²) in [4.78, 5) is 13.8. The molecule has 1 rings (SSSR count). The second-order valence-corrected chi connectivity index (χ2v) is 5.91. The van der Waals surface area contributed by atoms with E-state index in [4.69, 9.17) is 4.74 Å². The van der Waals surface area contributed by atoms with Crippen molar-refractivity contribution < 1.29 is 9.53 Å². The maximum absolute atomic E-state index is 11.3. The minimum Gasteiger partial charge on any atom is -0.380 e. The Morgan fingerprint density at radius 2 is 2.11 bits per heavy atom. The molecule has 0 bridgehead atoms. The summed E-state index contributed by atoms with van der Waals surface area (Å²) in [5.74, 6) is 0.914. The van der Waals surface area contributed by atoms with Crippen molar-refractivity contribution in [1.82, 2.24) is 4.90 Å². The van der Waals surface area contributed by atoms with Crippen LogP contribution >= 0.6 is 0 Å². The van der Waals surface area contributed by atoms with E-state index >= 15 is 0 Å². The summed E-state index contributed by atoms with van der Waals surface area (Å²) in [5, 5.41) is 0. The molecule has 0 aliphatic carbocycles. The van der Waals surface area contributed by atoms with E-state index in [0.717, 1.165) is 26.3 Å². The zero-order valence-electron chi connectivity index (χ0n) is 12.3. The Balaban J connectivity index is 2.34. The average molecular weight is 255 g/mol. The highest BCUT2D eigenvalue weighted by Crippen LogP contribution is 2.19. The molecule has 1 saturated heterocycles. The van der Waals surface area contributed by atoms with Gasteiger partial charge in [0.05, 0.1) is 6.61 Å². The molecule has 0 aromatic carbocycles. The van der Waals surface area contributed by atoms with Crippen LogP contribution < -0.4 is 0 Å². The van der Waals surface area contributed by atoms with E-state index in [2.05, 4.69) is 18.7 Å². The molecule has 3 nitrogen and oxygen atoms in total. The lowest BCUT2D eigenvalue weighted by atomic mass is 10.0. The number of likely N-dealkylation sites (tertiary alicyclic amines) is 1. The first-order valence-electron chi connectivity index (χ1n) is 7.41. The van der Waals surface area contributed by atoms with Gasteiger partial charge in [-0.3, -0.25) is 9.69 Å². The third-order valence-electron chi connectivity index (χ3n) is 3.50. The van der Waals surface area contributed by atoms with Crippen molar-refractivity contribution in [2.45, 2.75) is 58.9 Å². The van der Waals surface area contributed by atoms with Crippen molar-refractivity contribution >= 4 is 5.78 Å². The number of ether oxygens (including phenoxy) is 1. The van der Waals surface area contributed by atoms with Crippen LogP contribution in [0.4, 0.5) is 0 Å². The van der Waals surface area contributed by atoms with Gasteiger partial charge in [0.2, 0.25) is 0 Å². The number of carbonyl (C=O) groups excluding carboxylic acids is 1. The topological polar surface area (TPSA) is 29.5 Å². The summed E-state index contributed by atoms with van der Waals surface area (Å²) in [5.41, 5.74) is 0. The number of nitrogens with zero attached hydrogens (tertiary/aromatic N) is 1. The van der Waals surface area contributed by atoms with Crippen LogP contribution in [0.2, 0.25) is 0 Å². The van der Waals surface area contributed by atoms with Crippen LogP contribution in [0.1, 0.15) is 52.9 Å². The molecule has 18 heavy (non-hydrogen) atoms. The van der Waals surface area contributed by atoms with E-state index in [1.54, 1.807) is 6.92 Å². The molecule has 0 aromatic heterocycles. The molecule has 1 aliphatic rings. The van der Waals surface area contributed by atoms with Crippen molar-refractivity contribution in [2.75, 3.05) is 26.3 Å². The van der Waals surface area contributed by atoms with Crippen molar-refractivity contribution in [3.05, 3.63) is 0 Å². The Kier molecular flexibility index (Phi) is 7.52. The number of Topliss-reactive ketones (excluding diaryl/α,β-unsaturated/α-hetero) is 1. The first-order chi connectivity index (χ1) is 8.59. The Labute approximate surface area is 112 Å². The lowest BCUT2D eigenvalue weighted by Crippen LogP contribution is -2.38. The molecule has 1 unspecified atom stereocenters. The van der Waals surface area contributed by atoms with Gasteiger partial charge in [-0.25, -0.2) is 0 Å². The normalized spacial score (nSPS) is 22.1. The number of hydrogen-bond acceptors (Lipinski definition) is 3. The van der Waals surface area contributed by atoms with E-state index in [1.807, 2.05) is 0 Å². The Morgan fingerprint density at radius 3 is 2.78 bits per heavy atom. The fourth-order valence-corrected chi connectivity index (χ4v) is 2.59. The molecule has 0 radical (unpaired) electrons. The highest BCUT2D eigenvalue weighted by atomic mass is 16.5. The van der Waals surface area contributed by atoms with Crippen molar-refractivity contribution in [1.29, 1.82) is 0 Å². The highest BCUT2D eigenvalue weighted by Gasteiger charge is 2.21. The van der Waals surface area contributed by atoms with Crippen LogP contribution in [0.25, 0.3) is 0 Å². The molecular weight excluding hydrogens is 226 g/mol.